The minimum Gasteiger partial charge on any atom is -0.277 e. The fourth-order valence-electron chi connectivity index (χ4n) is 3.21. The summed E-state index contributed by atoms with van der Waals surface area (Å²) in [7, 11) is 0. The van der Waals surface area contributed by atoms with Gasteiger partial charge in [-0.3, -0.25) is 19.8 Å². The number of amides is 4. The molecule has 3 fully saturated rings. The number of nitrogens with one attached hydrogen (secondary N) is 1. The summed E-state index contributed by atoms with van der Waals surface area (Å²) in [5.74, 6) is -0.662. The van der Waals surface area contributed by atoms with Crippen LogP contribution in [-0.2, 0) is 9.59 Å². The van der Waals surface area contributed by atoms with E-state index in [1.165, 1.54) is 4.90 Å². The van der Waals surface area contributed by atoms with Gasteiger partial charge in [-0.1, -0.05) is 13.8 Å². The van der Waals surface area contributed by atoms with Crippen LogP contribution < -0.4 is 5.32 Å². The molecule has 2 aliphatic carbocycles. The highest BCUT2D eigenvalue weighted by atomic mass is 16.2. The van der Waals surface area contributed by atoms with Gasteiger partial charge in [0.25, 0.3) is 0 Å². The van der Waals surface area contributed by atoms with Crippen molar-refractivity contribution in [2.45, 2.75) is 52.0 Å². The standard InChI is InChI=1S/C13H18N2O3/c1-12(2)4-3-8(7-12)15-10(17)13(5-6-13)9(16)14-11(15)18/h8H,3-7H2,1-2H3,(H,14,16,18). The Kier molecular flexibility index (Phi) is 2.17. The van der Waals surface area contributed by atoms with E-state index in [2.05, 4.69) is 19.2 Å². The molecular formula is C13H18N2O3. The normalized spacial score (nSPS) is 32.9. The maximum atomic E-state index is 12.4. The highest BCUT2D eigenvalue weighted by molar-refractivity contribution is 6.21. The highest BCUT2D eigenvalue weighted by Gasteiger charge is 2.63. The van der Waals surface area contributed by atoms with E-state index in [-0.39, 0.29) is 17.4 Å². The van der Waals surface area contributed by atoms with Crippen molar-refractivity contribution in [2.75, 3.05) is 0 Å². The first-order valence-corrected chi connectivity index (χ1v) is 6.55. The zero-order valence-corrected chi connectivity index (χ0v) is 10.8. The summed E-state index contributed by atoms with van der Waals surface area (Å²) in [4.78, 5) is 37.3. The lowest BCUT2D eigenvalue weighted by Crippen LogP contribution is -2.61. The van der Waals surface area contributed by atoms with Gasteiger partial charge in [0.2, 0.25) is 11.8 Å². The maximum Gasteiger partial charge on any atom is 0.331 e. The molecule has 1 saturated heterocycles. The summed E-state index contributed by atoms with van der Waals surface area (Å²) in [5.41, 5.74) is -0.732. The minimum absolute atomic E-state index is 0.0434. The SMILES string of the molecule is CC1(C)CCC(N2C(=O)NC(=O)C3(CC3)C2=O)C1. The lowest BCUT2D eigenvalue weighted by Gasteiger charge is -2.34. The van der Waals surface area contributed by atoms with Crippen molar-refractivity contribution in [3.8, 4) is 0 Å². The molecule has 4 amide bonds. The topological polar surface area (TPSA) is 66.5 Å². The van der Waals surface area contributed by atoms with Gasteiger partial charge in [0, 0.05) is 6.04 Å². The first kappa shape index (κ1) is 11.7. The summed E-state index contributed by atoms with van der Waals surface area (Å²) >= 11 is 0. The zero-order chi connectivity index (χ0) is 13.1. The van der Waals surface area contributed by atoms with Crippen LogP contribution in [0.4, 0.5) is 4.79 Å². The average Bonchev–Trinajstić information content (AvgIpc) is 2.98. The third kappa shape index (κ3) is 1.49. The molecule has 2 saturated carbocycles. The quantitative estimate of drug-likeness (QED) is 0.716. The Morgan fingerprint density at radius 2 is 1.83 bits per heavy atom. The molecule has 1 unspecified atom stereocenters. The molecule has 3 aliphatic rings. The van der Waals surface area contributed by atoms with Crippen LogP contribution in [0.2, 0.25) is 0 Å². The second kappa shape index (κ2) is 3.33. The minimum atomic E-state index is -0.902. The van der Waals surface area contributed by atoms with E-state index >= 15 is 0 Å². The van der Waals surface area contributed by atoms with Crippen LogP contribution >= 0.6 is 0 Å². The number of nitrogens with zero attached hydrogens (tertiary/aromatic N) is 1. The predicted molar refractivity (Wildman–Crippen MR) is 63.5 cm³/mol. The summed E-state index contributed by atoms with van der Waals surface area (Å²) in [5, 5.41) is 2.34. The average molecular weight is 250 g/mol. The van der Waals surface area contributed by atoms with Gasteiger partial charge < -0.3 is 0 Å². The molecule has 0 aromatic rings. The predicted octanol–water partition coefficient (Wildman–Crippen LogP) is 1.42. The van der Waals surface area contributed by atoms with Gasteiger partial charge in [0.15, 0.2) is 0 Å². The second-order valence-electron chi connectivity index (χ2n) is 6.58. The Bertz CT molecular complexity index is 451. The number of carbonyl (C=O) groups excluding carboxylic acids is 3. The molecule has 5 heteroatoms. The first-order valence-electron chi connectivity index (χ1n) is 6.55. The Morgan fingerprint density at radius 3 is 2.33 bits per heavy atom. The van der Waals surface area contributed by atoms with Crippen molar-refractivity contribution in [3.05, 3.63) is 0 Å². The number of urea groups is 1. The molecule has 1 spiro atoms. The van der Waals surface area contributed by atoms with Gasteiger partial charge in [-0.15, -0.1) is 0 Å². The van der Waals surface area contributed by atoms with Crippen molar-refractivity contribution in [1.82, 2.24) is 10.2 Å². The molecule has 1 atom stereocenters. The number of imide groups is 2. The third-order valence-corrected chi connectivity index (χ3v) is 4.56. The number of barbiturate groups is 1. The Labute approximate surface area is 106 Å². The fourth-order valence-corrected chi connectivity index (χ4v) is 3.21. The molecule has 0 radical (unpaired) electrons. The van der Waals surface area contributed by atoms with Crippen LogP contribution in [0.5, 0.6) is 0 Å². The highest BCUT2D eigenvalue weighted by Crippen LogP contribution is 2.51. The fraction of sp³-hybridized carbons (Fsp3) is 0.769. The van der Waals surface area contributed by atoms with Crippen molar-refractivity contribution in [1.29, 1.82) is 0 Å². The second-order valence-corrected chi connectivity index (χ2v) is 6.58. The van der Waals surface area contributed by atoms with Crippen LogP contribution in [0.3, 0.4) is 0 Å². The van der Waals surface area contributed by atoms with Crippen LogP contribution in [-0.4, -0.2) is 28.8 Å². The summed E-state index contributed by atoms with van der Waals surface area (Å²) in [6.07, 6.45) is 3.84. The van der Waals surface area contributed by atoms with Crippen LogP contribution in [0, 0.1) is 10.8 Å². The third-order valence-electron chi connectivity index (χ3n) is 4.56. The molecule has 0 bridgehead atoms. The van der Waals surface area contributed by atoms with Crippen LogP contribution in [0.1, 0.15) is 46.0 Å². The van der Waals surface area contributed by atoms with Gasteiger partial charge in [0.1, 0.15) is 5.41 Å². The van der Waals surface area contributed by atoms with Gasteiger partial charge in [-0.25, -0.2) is 4.79 Å². The number of hydrogen-bond donors (Lipinski definition) is 1. The maximum absolute atomic E-state index is 12.4. The van der Waals surface area contributed by atoms with Gasteiger partial charge in [-0.2, -0.15) is 0 Å². The molecule has 1 aliphatic heterocycles. The molecule has 1 N–H and O–H groups in total. The Morgan fingerprint density at radius 1 is 1.17 bits per heavy atom. The molecular weight excluding hydrogens is 232 g/mol. The molecule has 5 nitrogen and oxygen atoms in total. The molecule has 0 aromatic carbocycles. The summed E-state index contributed by atoms with van der Waals surface area (Å²) < 4.78 is 0. The smallest absolute Gasteiger partial charge is 0.277 e. The van der Waals surface area contributed by atoms with Gasteiger partial charge >= 0.3 is 6.03 Å². The zero-order valence-electron chi connectivity index (χ0n) is 10.8. The lowest BCUT2D eigenvalue weighted by atomic mass is 9.91. The van der Waals surface area contributed by atoms with E-state index in [0.29, 0.717) is 12.8 Å². The van der Waals surface area contributed by atoms with E-state index in [1.54, 1.807) is 0 Å². The van der Waals surface area contributed by atoms with Crippen molar-refractivity contribution in [3.63, 3.8) is 0 Å². The molecule has 0 aromatic heterocycles. The van der Waals surface area contributed by atoms with Gasteiger partial charge in [-0.05, 0) is 37.5 Å². The van der Waals surface area contributed by atoms with E-state index in [1.807, 2.05) is 0 Å². The van der Waals surface area contributed by atoms with E-state index in [9.17, 15) is 14.4 Å². The Balaban J connectivity index is 1.86. The van der Waals surface area contributed by atoms with Gasteiger partial charge in [0.05, 0.1) is 0 Å². The molecule has 18 heavy (non-hydrogen) atoms. The van der Waals surface area contributed by atoms with Crippen LogP contribution in [0.15, 0.2) is 0 Å². The molecule has 1 heterocycles. The lowest BCUT2D eigenvalue weighted by molar-refractivity contribution is -0.146. The summed E-state index contributed by atoms with van der Waals surface area (Å²) in [6.45, 7) is 4.30. The molecule has 98 valence electrons. The summed E-state index contributed by atoms with van der Waals surface area (Å²) in [6, 6.07) is -0.566. The van der Waals surface area contributed by atoms with Crippen molar-refractivity contribution < 1.29 is 14.4 Å². The number of rotatable bonds is 1. The largest absolute Gasteiger partial charge is 0.331 e. The van der Waals surface area contributed by atoms with E-state index in [4.69, 9.17) is 0 Å². The van der Waals surface area contributed by atoms with Crippen molar-refractivity contribution in [2.24, 2.45) is 10.8 Å². The van der Waals surface area contributed by atoms with Crippen molar-refractivity contribution >= 4 is 17.8 Å². The van der Waals surface area contributed by atoms with Crippen LogP contribution in [0.25, 0.3) is 0 Å². The van der Waals surface area contributed by atoms with E-state index < -0.39 is 17.4 Å². The first-order chi connectivity index (χ1) is 8.36. The number of carbonyl (C=O) groups is 3. The molecule has 3 rings (SSSR count). The van der Waals surface area contributed by atoms with E-state index in [0.717, 1.165) is 19.3 Å². The Hall–Kier alpha value is -1.39. The monoisotopic (exact) mass is 250 g/mol. The number of hydrogen-bond acceptors (Lipinski definition) is 3.